The van der Waals surface area contributed by atoms with E-state index in [1.165, 1.54) is 23.1 Å². The van der Waals surface area contributed by atoms with E-state index in [0.717, 1.165) is 32.6 Å². The molecule has 0 amide bonds. The van der Waals surface area contributed by atoms with E-state index in [4.69, 9.17) is 4.74 Å². The van der Waals surface area contributed by atoms with Crippen LogP contribution in [-0.2, 0) is 17.8 Å². The molecule has 0 fully saturated rings. The van der Waals surface area contributed by atoms with Crippen LogP contribution >= 0.6 is 39.0 Å². The largest absolute Gasteiger partial charge is 0.369 e. The SMILES string of the molecule is CC[C@]1(C)Cc2c(sc3nc(SCC(=O)c4ccc(Br)cc4)[nH]c(=O)c23)CO1. The van der Waals surface area contributed by atoms with E-state index in [1.54, 1.807) is 12.1 Å². The fourth-order valence-corrected chi connectivity index (χ4v) is 5.39. The van der Waals surface area contributed by atoms with Gasteiger partial charge >= 0.3 is 0 Å². The maximum atomic E-state index is 12.8. The summed E-state index contributed by atoms with van der Waals surface area (Å²) >= 11 is 6.13. The second-order valence-electron chi connectivity index (χ2n) is 7.04. The van der Waals surface area contributed by atoms with E-state index < -0.39 is 0 Å². The Labute approximate surface area is 179 Å². The Kier molecular flexibility index (Phi) is 5.48. The van der Waals surface area contributed by atoms with Gasteiger partial charge in [0.2, 0.25) is 0 Å². The number of carbonyl (C=O) groups excluding carboxylic acids is 1. The first-order chi connectivity index (χ1) is 13.4. The van der Waals surface area contributed by atoms with E-state index in [-0.39, 0.29) is 22.7 Å². The lowest BCUT2D eigenvalue weighted by atomic mass is 9.90. The maximum Gasteiger partial charge on any atom is 0.260 e. The molecule has 3 aromatic rings. The highest BCUT2D eigenvalue weighted by Gasteiger charge is 2.33. The van der Waals surface area contributed by atoms with Gasteiger partial charge in [0, 0.05) is 21.3 Å². The van der Waals surface area contributed by atoms with E-state index in [9.17, 15) is 9.59 Å². The van der Waals surface area contributed by atoms with Gasteiger partial charge in [-0.05, 0) is 31.0 Å². The van der Waals surface area contributed by atoms with Gasteiger partial charge in [-0.25, -0.2) is 4.98 Å². The molecule has 1 N–H and O–H groups in total. The lowest BCUT2D eigenvalue weighted by Gasteiger charge is -2.32. The minimum atomic E-state index is -0.238. The Hall–Kier alpha value is -1.48. The van der Waals surface area contributed by atoms with Crippen molar-refractivity contribution in [1.29, 1.82) is 0 Å². The lowest BCUT2D eigenvalue weighted by Crippen LogP contribution is -2.34. The highest BCUT2D eigenvalue weighted by Crippen LogP contribution is 2.38. The summed E-state index contributed by atoms with van der Waals surface area (Å²) in [6.07, 6.45) is 1.61. The van der Waals surface area contributed by atoms with Crippen molar-refractivity contribution in [3.05, 3.63) is 55.1 Å². The topological polar surface area (TPSA) is 72.0 Å². The quantitative estimate of drug-likeness (QED) is 0.318. The molecule has 0 spiro atoms. The molecular formula is C20H19BrN2O3S2. The number of aromatic amines is 1. The number of hydrogen-bond acceptors (Lipinski definition) is 6. The van der Waals surface area contributed by atoms with Gasteiger partial charge in [0.1, 0.15) is 4.83 Å². The maximum absolute atomic E-state index is 12.8. The number of ether oxygens (including phenoxy) is 1. The molecule has 1 aromatic carbocycles. The second-order valence-corrected chi connectivity index (χ2v) is 10.0. The summed E-state index contributed by atoms with van der Waals surface area (Å²) in [6, 6.07) is 7.24. The number of hydrogen-bond donors (Lipinski definition) is 1. The van der Waals surface area contributed by atoms with Crippen LogP contribution in [0.3, 0.4) is 0 Å². The van der Waals surface area contributed by atoms with Crippen LogP contribution in [-0.4, -0.2) is 27.1 Å². The van der Waals surface area contributed by atoms with Crippen molar-refractivity contribution in [2.45, 2.75) is 44.1 Å². The number of thiophene rings is 1. The Morgan fingerprint density at radius 1 is 1.39 bits per heavy atom. The van der Waals surface area contributed by atoms with Crippen molar-refractivity contribution in [3.8, 4) is 0 Å². The summed E-state index contributed by atoms with van der Waals surface area (Å²) in [7, 11) is 0. The van der Waals surface area contributed by atoms with Crippen molar-refractivity contribution >= 4 is 55.0 Å². The number of rotatable bonds is 5. The number of halogens is 1. The van der Waals surface area contributed by atoms with Crippen LogP contribution in [0.5, 0.6) is 0 Å². The molecule has 5 nitrogen and oxygen atoms in total. The minimum Gasteiger partial charge on any atom is -0.369 e. The van der Waals surface area contributed by atoms with Crippen molar-refractivity contribution < 1.29 is 9.53 Å². The van der Waals surface area contributed by atoms with Crippen LogP contribution < -0.4 is 5.56 Å². The van der Waals surface area contributed by atoms with Gasteiger partial charge in [-0.2, -0.15) is 0 Å². The third-order valence-electron chi connectivity index (χ3n) is 5.08. The zero-order chi connectivity index (χ0) is 19.9. The molecule has 0 aliphatic carbocycles. The average Bonchev–Trinajstić information content (AvgIpc) is 3.04. The number of aromatic nitrogens is 2. The molecule has 2 aromatic heterocycles. The molecule has 0 unspecified atom stereocenters. The first-order valence-electron chi connectivity index (χ1n) is 8.98. The molecule has 1 aliphatic rings. The summed E-state index contributed by atoms with van der Waals surface area (Å²) in [4.78, 5) is 34.4. The van der Waals surface area contributed by atoms with E-state index in [1.807, 2.05) is 12.1 Å². The van der Waals surface area contributed by atoms with Gasteiger partial charge in [-0.3, -0.25) is 9.59 Å². The summed E-state index contributed by atoms with van der Waals surface area (Å²) in [5.74, 6) is 0.218. The lowest BCUT2D eigenvalue weighted by molar-refractivity contribution is -0.0543. The van der Waals surface area contributed by atoms with Gasteiger partial charge in [-0.15, -0.1) is 11.3 Å². The molecule has 0 bridgehead atoms. The molecule has 3 heterocycles. The Balaban J connectivity index is 1.58. The van der Waals surface area contributed by atoms with E-state index >= 15 is 0 Å². The highest BCUT2D eigenvalue weighted by atomic mass is 79.9. The zero-order valence-electron chi connectivity index (χ0n) is 15.5. The number of benzene rings is 1. The number of ketones is 1. The zero-order valence-corrected chi connectivity index (χ0v) is 18.7. The molecule has 0 radical (unpaired) electrons. The number of thioether (sulfide) groups is 1. The summed E-state index contributed by atoms with van der Waals surface area (Å²) in [5, 5.41) is 1.15. The number of H-pyrrole nitrogens is 1. The Morgan fingerprint density at radius 2 is 2.14 bits per heavy atom. The number of nitrogens with one attached hydrogen (secondary N) is 1. The molecule has 8 heteroatoms. The monoisotopic (exact) mass is 478 g/mol. The summed E-state index contributed by atoms with van der Waals surface area (Å²) in [6.45, 7) is 4.70. The van der Waals surface area contributed by atoms with Crippen molar-refractivity contribution in [3.63, 3.8) is 0 Å². The van der Waals surface area contributed by atoms with Crippen LogP contribution in [0, 0.1) is 0 Å². The van der Waals surface area contributed by atoms with Crippen LogP contribution in [0.1, 0.15) is 41.1 Å². The van der Waals surface area contributed by atoms with Gasteiger partial charge in [-0.1, -0.05) is 46.7 Å². The van der Waals surface area contributed by atoms with Gasteiger partial charge in [0.05, 0.1) is 23.3 Å². The molecule has 28 heavy (non-hydrogen) atoms. The van der Waals surface area contributed by atoms with Crippen molar-refractivity contribution in [2.75, 3.05) is 5.75 Å². The standard InChI is InChI=1S/C20H19BrN2O3S2/c1-3-20(2)8-13-15(9-26-20)28-18-16(13)17(25)22-19(23-18)27-10-14(24)11-4-6-12(21)7-5-11/h4-7H,3,8-10H2,1-2H3,(H,22,23,25)/t20-/m1/s1. The predicted molar refractivity (Wildman–Crippen MR) is 117 cm³/mol. The second kappa shape index (κ2) is 7.74. The molecule has 0 saturated heterocycles. The Bertz CT molecular complexity index is 1110. The number of carbonyl (C=O) groups is 1. The van der Waals surface area contributed by atoms with Crippen molar-refractivity contribution in [2.24, 2.45) is 0 Å². The summed E-state index contributed by atoms with van der Waals surface area (Å²) in [5.41, 5.74) is 1.33. The highest BCUT2D eigenvalue weighted by molar-refractivity contribution is 9.10. The number of nitrogens with zero attached hydrogens (tertiary/aromatic N) is 1. The normalized spacial score (nSPS) is 19.0. The fraction of sp³-hybridized carbons (Fsp3) is 0.350. The van der Waals surface area contributed by atoms with E-state index in [2.05, 4.69) is 39.7 Å². The minimum absolute atomic E-state index is 0.00201. The average molecular weight is 479 g/mol. The molecule has 146 valence electrons. The molecule has 4 rings (SSSR count). The van der Waals surface area contributed by atoms with Crippen LogP contribution in [0.25, 0.3) is 10.2 Å². The van der Waals surface area contributed by atoms with Gasteiger partial charge in [0.15, 0.2) is 10.9 Å². The third kappa shape index (κ3) is 3.83. The predicted octanol–water partition coefficient (Wildman–Crippen LogP) is 4.96. The first kappa shape index (κ1) is 19.8. The number of fused-ring (bicyclic) bond motifs is 3. The molecule has 1 aliphatic heterocycles. The van der Waals surface area contributed by atoms with Crippen LogP contribution in [0.15, 0.2) is 38.7 Å². The molecular weight excluding hydrogens is 460 g/mol. The molecule has 1 atom stereocenters. The van der Waals surface area contributed by atoms with Crippen LogP contribution in [0.4, 0.5) is 0 Å². The van der Waals surface area contributed by atoms with Gasteiger partial charge in [0.25, 0.3) is 5.56 Å². The fourth-order valence-electron chi connectivity index (χ4n) is 3.21. The smallest absolute Gasteiger partial charge is 0.260 e. The number of Topliss-reactive ketones (excluding diaryl/α,β-unsaturated/α-hetero) is 1. The Morgan fingerprint density at radius 3 is 2.86 bits per heavy atom. The van der Waals surface area contributed by atoms with Crippen molar-refractivity contribution in [1.82, 2.24) is 9.97 Å². The van der Waals surface area contributed by atoms with Crippen LogP contribution in [0.2, 0.25) is 0 Å². The third-order valence-corrected chi connectivity index (χ3v) is 7.58. The van der Waals surface area contributed by atoms with Gasteiger partial charge < -0.3 is 9.72 Å². The molecule has 0 saturated carbocycles. The summed E-state index contributed by atoms with van der Waals surface area (Å²) < 4.78 is 6.92. The van der Waals surface area contributed by atoms with E-state index in [0.29, 0.717) is 22.7 Å². The first-order valence-corrected chi connectivity index (χ1v) is 11.6.